The number of nitrogens with zero attached hydrogens (tertiary/aromatic N) is 3. The molecule has 0 spiro atoms. The van der Waals surface area contributed by atoms with Crippen LogP contribution in [0.1, 0.15) is 27.8 Å². The summed E-state index contributed by atoms with van der Waals surface area (Å²) < 4.78 is 11.6. The van der Waals surface area contributed by atoms with Crippen molar-refractivity contribution < 1.29 is 14.3 Å². The van der Waals surface area contributed by atoms with Gasteiger partial charge in [0.25, 0.3) is 5.91 Å². The van der Waals surface area contributed by atoms with Gasteiger partial charge in [-0.1, -0.05) is 11.6 Å². The van der Waals surface area contributed by atoms with Gasteiger partial charge in [0.2, 0.25) is 0 Å². The van der Waals surface area contributed by atoms with Crippen molar-refractivity contribution in [2.45, 2.75) is 12.5 Å². The van der Waals surface area contributed by atoms with Crippen LogP contribution in [-0.4, -0.2) is 52.3 Å². The zero-order valence-electron chi connectivity index (χ0n) is 16.3. The molecule has 4 rings (SSSR count). The molecule has 0 unspecified atom stereocenters. The van der Waals surface area contributed by atoms with Gasteiger partial charge < -0.3 is 20.1 Å². The topological polar surface area (TPSA) is 106 Å². The number of rotatable bonds is 6. The Kier molecular flexibility index (Phi) is 6.15. The highest BCUT2D eigenvalue weighted by Gasteiger charge is 2.27. The predicted molar refractivity (Wildman–Crippen MR) is 112 cm³/mol. The van der Waals surface area contributed by atoms with Crippen LogP contribution >= 0.6 is 11.6 Å². The molecule has 0 radical (unpaired) electrons. The number of carbonyl (C=O) groups is 1. The van der Waals surface area contributed by atoms with E-state index < -0.39 is 0 Å². The molecule has 3 N–H and O–H groups in total. The SMILES string of the molecule is Nc1ccc(C(=O)N2CCO[C@H](c3cc(CCOc4ccc(Cl)cc4)[nH]n3)C2)cn1. The lowest BCUT2D eigenvalue weighted by Crippen LogP contribution is -2.42. The summed E-state index contributed by atoms with van der Waals surface area (Å²) in [5.74, 6) is 1.06. The molecule has 30 heavy (non-hydrogen) atoms. The average molecular weight is 428 g/mol. The van der Waals surface area contributed by atoms with Crippen molar-refractivity contribution in [3.63, 3.8) is 0 Å². The number of H-pyrrole nitrogens is 1. The van der Waals surface area contributed by atoms with Gasteiger partial charge in [0.1, 0.15) is 17.7 Å². The normalized spacial score (nSPS) is 16.4. The van der Waals surface area contributed by atoms with E-state index in [2.05, 4.69) is 15.2 Å². The number of carbonyl (C=O) groups excluding carboxylic acids is 1. The Labute approximate surface area is 179 Å². The summed E-state index contributed by atoms with van der Waals surface area (Å²) in [7, 11) is 0. The fourth-order valence-electron chi connectivity index (χ4n) is 3.21. The third-order valence-corrected chi connectivity index (χ3v) is 5.07. The second kappa shape index (κ2) is 9.15. The van der Waals surface area contributed by atoms with Crippen molar-refractivity contribution in [1.29, 1.82) is 0 Å². The van der Waals surface area contributed by atoms with Crippen molar-refractivity contribution in [3.8, 4) is 5.75 Å². The van der Waals surface area contributed by atoms with E-state index in [-0.39, 0.29) is 12.0 Å². The predicted octanol–water partition coefficient (Wildman–Crippen LogP) is 2.88. The van der Waals surface area contributed by atoms with E-state index in [4.69, 9.17) is 26.8 Å². The molecule has 8 nitrogen and oxygen atoms in total. The lowest BCUT2D eigenvalue weighted by atomic mass is 10.1. The Morgan fingerprint density at radius 2 is 2.13 bits per heavy atom. The van der Waals surface area contributed by atoms with E-state index in [1.54, 1.807) is 29.2 Å². The Bertz CT molecular complexity index is 991. The molecule has 1 amide bonds. The summed E-state index contributed by atoms with van der Waals surface area (Å²) in [6, 6.07) is 12.5. The Balaban J connectivity index is 1.32. The quantitative estimate of drug-likeness (QED) is 0.626. The third-order valence-electron chi connectivity index (χ3n) is 4.82. The lowest BCUT2D eigenvalue weighted by Gasteiger charge is -2.32. The number of nitrogens with one attached hydrogen (secondary N) is 1. The minimum absolute atomic E-state index is 0.0945. The molecule has 1 saturated heterocycles. The Hall–Kier alpha value is -3.10. The van der Waals surface area contributed by atoms with Gasteiger partial charge in [-0.25, -0.2) is 4.98 Å². The number of benzene rings is 1. The van der Waals surface area contributed by atoms with Crippen LogP contribution < -0.4 is 10.5 Å². The van der Waals surface area contributed by atoms with Crippen molar-refractivity contribution in [1.82, 2.24) is 20.1 Å². The number of pyridine rings is 1. The van der Waals surface area contributed by atoms with Gasteiger partial charge >= 0.3 is 0 Å². The first kappa shape index (κ1) is 20.2. The summed E-state index contributed by atoms with van der Waals surface area (Å²) in [6.07, 6.45) is 1.88. The number of morpholine rings is 1. The maximum absolute atomic E-state index is 12.7. The van der Waals surface area contributed by atoms with Gasteiger partial charge in [0, 0.05) is 29.9 Å². The van der Waals surface area contributed by atoms with E-state index >= 15 is 0 Å². The Morgan fingerprint density at radius 1 is 1.30 bits per heavy atom. The Morgan fingerprint density at radius 3 is 2.90 bits per heavy atom. The minimum atomic E-state index is -0.286. The largest absolute Gasteiger partial charge is 0.493 e. The molecule has 1 aliphatic heterocycles. The van der Waals surface area contributed by atoms with Gasteiger partial charge in [-0.3, -0.25) is 9.89 Å². The van der Waals surface area contributed by atoms with Gasteiger partial charge in [-0.05, 0) is 42.5 Å². The molecule has 3 aromatic rings. The fraction of sp³-hybridized carbons (Fsp3) is 0.286. The number of aromatic nitrogens is 3. The summed E-state index contributed by atoms with van der Waals surface area (Å²) >= 11 is 5.88. The van der Waals surface area contributed by atoms with E-state index in [9.17, 15) is 4.79 Å². The number of nitrogen functional groups attached to an aromatic ring is 1. The number of nitrogens with two attached hydrogens (primary N) is 1. The van der Waals surface area contributed by atoms with Crippen molar-refractivity contribution >= 4 is 23.3 Å². The van der Waals surface area contributed by atoms with E-state index in [1.165, 1.54) is 6.20 Å². The standard InChI is InChI=1S/C21H22ClN5O3/c22-15-2-4-17(5-3-15)29-9-7-16-11-18(26-25-16)19-13-27(8-10-30-19)21(28)14-1-6-20(23)24-12-14/h1-6,11-12,19H,7-10,13H2,(H2,23,24)(H,25,26)/t19-/m0/s1. The maximum Gasteiger partial charge on any atom is 0.255 e. The fourth-order valence-corrected chi connectivity index (χ4v) is 3.34. The highest BCUT2D eigenvalue weighted by molar-refractivity contribution is 6.30. The van der Waals surface area contributed by atoms with Gasteiger partial charge in [0.05, 0.1) is 31.0 Å². The summed E-state index contributed by atoms with van der Waals surface area (Å²) in [5.41, 5.74) is 7.81. The number of aromatic amines is 1. The van der Waals surface area contributed by atoms with Crippen LogP contribution in [0.2, 0.25) is 5.02 Å². The van der Waals surface area contributed by atoms with E-state index in [0.29, 0.717) is 49.1 Å². The molecule has 0 bridgehead atoms. The first-order valence-corrected chi connectivity index (χ1v) is 10.0. The number of hydrogen-bond donors (Lipinski definition) is 2. The lowest BCUT2D eigenvalue weighted by molar-refractivity contribution is -0.0247. The number of anilines is 1. The first-order chi connectivity index (χ1) is 14.6. The molecular formula is C21H22ClN5O3. The third kappa shape index (κ3) is 4.90. The molecule has 2 aromatic heterocycles. The van der Waals surface area contributed by atoms with Crippen LogP contribution in [0.5, 0.6) is 5.75 Å². The summed E-state index contributed by atoms with van der Waals surface area (Å²) in [4.78, 5) is 18.5. The number of ether oxygens (including phenoxy) is 2. The van der Waals surface area contributed by atoms with Gasteiger partial charge in [-0.15, -0.1) is 0 Å². The monoisotopic (exact) mass is 427 g/mol. The number of hydrogen-bond acceptors (Lipinski definition) is 6. The zero-order valence-corrected chi connectivity index (χ0v) is 17.0. The van der Waals surface area contributed by atoms with Crippen LogP contribution in [0.15, 0.2) is 48.7 Å². The van der Waals surface area contributed by atoms with E-state index in [1.807, 2.05) is 18.2 Å². The molecule has 1 atom stereocenters. The zero-order chi connectivity index (χ0) is 20.9. The van der Waals surface area contributed by atoms with Gasteiger partial charge in [-0.2, -0.15) is 5.10 Å². The summed E-state index contributed by atoms with van der Waals surface area (Å²) in [6.45, 7) is 1.89. The van der Waals surface area contributed by atoms with Crippen LogP contribution in [0.4, 0.5) is 5.82 Å². The molecule has 3 heterocycles. The molecule has 0 saturated carbocycles. The van der Waals surface area contributed by atoms with Gasteiger partial charge in [0.15, 0.2) is 0 Å². The average Bonchev–Trinajstić information content (AvgIpc) is 3.24. The van der Waals surface area contributed by atoms with Crippen molar-refractivity contribution in [2.75, 3.05) is 32.0 Å². The maximum atomic E-state index is 12.7. The molecule has 156 valence electrons. The van der Waals surface area contributed by atoms with Crippen LogP contribution in [0.25, 0.3) is 0 Å². The second-order valence-corrected chi connectivity index (χ2v) is 7.39. The summed E-state index contributed by atoms with van der Waals surface area (Å²) in [5, 5.41) is 8.06. The van der Waals surface area contributed by atoms with E-state index in [0.717, 1.165) is 17.1 Å². The molecule has 1 aromatic carbocycles. The smallest absolute Gasteiger partial charge is 0.255 e. The highest BCUT2D eigenvalue weighted by atomic mass is 35.5. The van der Waals surface area contributed by atoms with Crippen LogP contribution in [-0.2, 0) is 11.2 Å². The van der Waals surface area contributed by atoms with Crippen LogP contribution in [0, 0.1) is 0 Å². The molecule has 0 aliphatic carbocycles. The molecule has 1 aliphatic rings. The van der Waals surface area contributed by atoms with Crippen molar-refractivity contribution in [3.05, 3.63) is 70.6 Å². The van der Waals surface area contributed by atoms with Crippen LogP contribution in [0.3, 0.4) is 0 Å². The minimum Gasteiger partial charge on any atom is -0.493 e. The molecule has 1 fully saturated rings. The first-order valence-electron chi connectivity index (χ1n) is 9.63. The molecular weight excluding hydrogens is 406 g/mol. The number of halogens is 1. The van der Waals surface area contributed by atoms with Crippen molar-refractivity contribution in [2.24, 2.45) is 0 Å². The second-order valence-electron chi connectivity index (χ2n) is 6.95. The molecule has 9 heteroatoms. The highest BCUT2D eigenvalue weighted by Crippen LogP contribution is 2.23. The number of amides is 1.